The lowest BCUT2D eigenvalue weighted by Crippen LogP contribution is -2.41. The van der Waals surface area contributed by atoms with E-state index in [1.807, 2.05) is 0 Å². The van der Waals surface area contributed by atoms with Crippen LogP contribution in [-0.4, -0.2) is 26.2 Å². The molecule has 108 valence electrons. The van der Waals surface area contributed by atoms with Gasteiger partial charge in [0.05, 0.1) is 16.7 Å². The molecule has 19 heavy (non-hydrogen) atoms. The molecule has 8 heteroatoms. The van der Waals surface area contributed by atoms with Crippen LogP contribution in [0.25, 0.3) is 0 Å². The van der Waals surface area contributed by atoms with Gasteiger partial charge in [0.1, 0.15) is 4.90 Å². The van der Waals surface area contributed by atoms with Crippen LogP contribution in [0.4, 0.5) is 0 Å². The van der Waals surface area contributed by atoms with Crippen molar-refractivity contribution >= 4 is 44.8 Å². The first-order chi connectivity index (χ1) is 8.69. The summed E-state index contributed by atoms with van der Waals surface area (Å²) in [4.78, 5) is -0.237. The Morgan fingerprint density at radius 1 is 1.21 bits per heavy atom. The van der Waals surface area contributed by atoms with E-state index in [-0.39, 0.29) is 32.5 Å². The zero-order chi connectivity index (χ0) is 14.8. The Labute approximate surface area is 127 Å². The largest absolute Gasteiger partial charge is 0.395 e. The van der Waals surface area contributed by atoms with Crippen LogP contribution in [0.5, 0.6) is 0 Å². The van der Waals surface area contributed by atoms with Gasteiger partial charge < -0.3 is 5.11 Å². The van der Waals surface area contributed by atoms with Gasteiger partial charge in [-0.3, -0.25) is 0 Å². The van der Waals surface area contributed by atoms with E-state index in [9.17, 15) is 13.5 Å². The Balaban J connectivity index is 3.21. The first-order valence-corrected chi connectivity index (χ1v) is 8.08. The van der Waals surface area contributed by atoms with Crippen molar-refractivity contribution in [2.45, 2.75) is 24.8 Å². The van der Waals surface area contributed by atoms with E-state index in [0.29, 0.717) is 0 Å². The van der Waals surface area contributed by atoms with Crippen molar-refractivity contribution in [3.63, 3.8) is 0 Å². The molecule has 2 N–H and O–H groups in total. The lowest BCUT2D eigenvalue weighted by atomic mass is 10.1. The molecule has 0 aromatic heterocycles. The quantitative estimate of drug-likeness (QED) is 0.861. The fourth-order valence-electron chi connectivity index (χ4n) is 1.43. The van der Waals surface area contributed by atoms with E-state index >= 15 is 0 Å². The SMILES string of the molecule is CC(C)C(CO)NS(=O)(=O)c1c(Cl)cc(Cl)cc1Cl. The number of aliphatic hydroxyl groups is 1. The van der Waals surface area contributed by atoms with Crippen LogP contribution in [0.2, 0.25) is 15.1 Å². The van der Waals surface area contributed by atoms with Crippen molar-refractivity contribution in [2.75, 3.05) is 6.61 Å². The third-order valence-corrected chi connectivity index (χ3v) is 5.17. The average Bonchev–Trinajstić information content (AvgIpc) is 2.23. The van der Waals surface area contributed by atoms with Crippen molar-refractivity contribution in [3.05, 3.63) is 27.2 Å². The van der Waals surface area contributed by atoms with E-state index in [1.54, 1.807) is 13.8 Å². The predicted octanol–water partition coefficient (Wildman–Crippen LogP) is 2.94. The summed E-state index contributed by atoms with van der Waals surface area (Å²) in [6.07, 6.45) is 0. The summed E-state index contributed by atoms with van der Waals surface area (Å²) in [5, 5.41) is 9.29. The van der Waals surface area contributed by atoms with Crippen molar-refractivity contribution < 1.29 is 13.5 Å². The molecule has 0 heterocycles. The Morgan fingerprint density at radius 3 is 2.05 bits per heavy atom. The van der Waals surface area contributed by atoms with Gasteiger partial charge in [-0.05, 0) is 18.1 Å². The van der Waals surface area contributed by atoms with Crippen LogP contribution in [0, 0.1) is 5.92 Å². The van der Waals surface area contributed by atoms with Gasteiger partial charge in [-0.25, -0.2) is 13.1 Å². The molecule has 0 aliphatic heterocycles. The highest BCUT2D eigenvalue weighted by Gasteiger charge is 2.26. The topological polar surface area (TPSA) is 66.4 Å². The monoisotopic (exact) mass is 345 g/mol. The Hall–Kier alpha value is -0.0400. The predicted molar refractivity (Wildman–Crippen MR) is 77.5 cm³/mol. The summed E-state index contributed by atoms with van der Waals surface area (Å²) in [5.41, 5.74) is 0. The molecule has 0 aliphatic carbocycles. The summed E-state index contributed by atoms with van der Waals surface area (Å²) in [6, 6.07) is 1.98. The molecule has 0 fully saturated rings. The molecule has 1 atom stereocenters. The molecule has 0 saturated carbocycles. The lowest BCUT2D eigenvalue weighted by Gasteiger charge is -2.20. The molecule has 0 bridgehead atoms. The second-order valence-corrected chi connectivity index (χ2v) is 7.25. The van der Waals surface area contributed by atoms with E-state index in [2.05, 4.69) is 4.72 Å². The minimum atomic E-state index is -3.93. The van der Waals surface area contributed by atoms with Crippen molar-refractivity contribution in [1.82, 2.24) is 4.72 Å². The molecule has 1 unspecified atom stereocenters. The van der Waals surface area contributed by atoms with Crippen LogP contribution in [0.1, 0.15) is 13.8 Å². The number of hydrogen-bond donors (Lipinski definition) is 2. The highest BCUT2D eigenvalue weighted by atomic mass is 35.5. The summed E-state index contributed by atoms with van der Waals surface area (Å²) in [6.45, 7) is 3.25. The molecular weight excluding hydrogens is 333 g/mol. The van der Waals surface area contributed by atoms with Crippen molar-refractivity contribution in [3.8, 4) is 0 Å². The van der Waals surface area contributed by atoms with E-state index in [0.717, 1.165) is 0 Å². The fourth-order valence-corrected chi connectivity index (χ4v) is 4.35. The van der Waals surface area contributed by atoms with Crippen LogP contribution in [0.15, 0.2) is 17.0 Å². The van der Waals surface area contributed by atoms with Gasteiger partial charge in [0.2, 0.25) is 10.0 Å². The second-order valence-electron chi connectivity index (χ2n) is 4.35. The van der Waals surface area contributed by atoms with Crippen LogP contribution in [-0.2, 0) is 10.0 Å². The Kier molecular flexibility index (Phi) is 5.92. The van der Waals surface area contributed by atoms with E-state index in [4.69, 9.17) is 34.8 Å². The zero-order valence-corrected chi connectivity index (χ0v) is 13.4. The number of hydrogen-bond acceptors (Lipinski definition) is 3. The van der Waals surface area contributed by atoms with Gasteiger partial charge >= 0.3 is 0 Å². The number of sulfonamides is 1. The highest BCUT2D eigenvalue weighted by molar-refractivity contribution is 7.89. The highest BCUT2D eigenvalue weighted by Crippen LogP contribution is 2.32. The molecule has 0 saturated heterocycles. The molecule has 4 nitrogen and oxygen atoms in total. The molecule has 1 aromatic carbocycles. The summed E-state index contributed by atoms with van der Waals surface area (Å²) in [5.74, 6) is -0.0790. The third-order valence-electron chi connectivity index (χ3n) is 2.54. The molecule has 1 aromatic rings. The van der Waals surface area contributed by atoms with Crippen molar-refractivity contribution in [2.24, 2.45) is 5.92 Å². The van der Waals surface area contributed by atoms with Crippen LogP contribution < -0.4 is 4.72 Å². The number of benzene rings is 1. The van der Waals surface area contributed by atoms with Gasteiger partial charge in [-0.2, -0.15) is 0 Å². The lowest BCUT2D eigenvalue weighted by molar-refractivity contribution is 0.227. The molecule has 0 spiro atoms. The summed E-state index contributed by atoms with van der Waals surface area (Å²) in [7, 11) is -3.93. The number of aliphatic hydroxyl groups excluding tert-OH is 1. The maximum Gasteiger partial charge on any atom is 0.243 e. The first kappa shape index (κ1) is 17.0. The Bertz CT molecular complexity index is 537. The summed E-state index contributed by atoms with van der Waals surface area (Å²) < 4.78 is 26.8. The number of nitrogens with one attached hydrogen (secondary N) is 1. The van der Waals surface area contributed by atoms with Gasteiger partial charge in [0.15, 0.2) is 0 Å². The second kappa shape index (κ2) is 6.61. The minimum Gasteiger partial charge on any atom is -0.395 e. The van der Waals surface area contributed by atoms with Crippen molar-refractivity contribution in [1.29, 1.82) is 0 Å². The zero-order valence-electron chi connectivity index (χ0n) is 10.3. The standard InChI is InChI=1S/C11H14Cl3NO3S/c1-6(2)10(5-16)15-19(17,18)11-8(13)3-7(12)4-9(11)14/h3-4,6,10,15-16H,5H2,1-2H3. The minimum absolute atomic E-state index is 0.0644. The number of halogens is 3. The molecule has 0 amide bonds. The molecule has 1 rings (SSSR count). The number of rotatable bonds is 5. The van der Waals surface area contributed by atoms with Crippen LogP contribution >= 0.6 is 34.8 Å². The molecular formula is C11H14Cl3NO3S. The molecule has 0 aliphatic rings. The smallest absolute Gasteiger partial charge is 0.243 e. The maximum absolute atomic E-state index is 12.2. The summed E-state index contributed by atoms with van der Waals surface area (Å²) >= 11 is 17.5. The van der Waals surface area contributed by atoms with E-state index in [1.165, 1.54) is 12.1 Å². The maximum atomic E-state index is 12.2. The Morgan fingerprint density at radius 2 is 1.68 bits per heavy atom. The normalized spacial score (nSPS) is 13.8. The van der Waals surface area contributed by atoms with Gasteiger partial charge in [0.25, 0.3) is 0 Å². The van der Waals surface area contributed by atoms with E-state index < -0.39 is 16.1 Å². The average molecular weight is 347 g/mol. The fraction of sp³-hybridized carbons (Fsp3) is 0.455. The van der Waals surface area contributed by atoms with Gasteiger partial charge in [-0.15, -0.1) is 0 Å². The first-order valence-electron chi connectivity index (χ1n) is 5.46. The van der Waals surface area contributed by atoms with Crippen LogP contribution in [0.3, 0.4) is 0 Å². The third kappa shape index (κ3) is 4.21. The van der Waals surface area contributed by atoms with Gasteiger partial charge in [0, 0.05) is 11.1 Å². The molecule has 0 radical (unpaired) electrons. The van der Waals surface area contributed by atoms with Gasteiger partial charge in [-0.1, -0.05) is 48.7 Å².